The molecule has 0 spiro atoms. The lowest BCUT2D eigenvalue weighted by Gasteiger charge is -2.31. The van der Waals surface area contributed by atoms with Gasteiger partial charge in [-0.3, -0.25) is 0 Å². The number of hydrogen-bond acceptors (Lipinski definition) is 7. The molecule has 1 aromatic heterocycles. The second kappa shape index (κ2) is 7.82. The lowest BCUT2D eigenvalue weighted by atomic mass is 10.1. The Morgan fingerprint density at radius 3 is 2.59 bits per heavy atom. The molecule has 27 heavy (non-hydrogen) atoms. The van der Waals surface area contributed by atoms with Crippen molar-refractivity contribution in [1.29, 1.82) is 0 Å². The summed E-state index contributed by atoms with van der Waals surface area (Å²) in [7, 11) is 3.60. The number of halogens is 1. The minimum atomic E-state index is -0.404. The third-order valence-electron chi connectivity index (χ3n) is 5.31. The first-order valence-electron chi connectivity index (χ1n) is 9.47. The topological polar surface area (TPSA) is 62.8 Å². The van der Waals surface area contributed by atoms with Crippen LogP contribution in [0.4, 0.5) is 16.2 Å². The molecule has 0 saturated carbocycles. The predicted octanol–water partition coefficient (Wildman–Crippen LogP) is 2.12. The highest BCUT2D eigenvalue weighted by Gasteiger charge is 2.22. The molecular weight excluding hydrogens is 349 g/mol. The first-order valence-corrected chi connectivity index (χ1v) is 9.47. The Labute approximate surface area is 158 Å². The molecule has 0 unspecified atom stereocenters. The largest absolute Gasteiger partial charge is 0.494 e. The van der Waals surface area contributed by atoms with Crippen LogP contribution in [0.25, 0.3) is 10.9 Å². The van der Waals surface area contributed by atoms with E-state index < -0.39 is 5.82 Å². The van der Waals surface area contributed by atoms with Gasteiger partial charge in [-0.05, 0) is 39.0 Å². The van der Waals surface area contributed by atoms with Gasteiger partial charge in [0.15, 0.2) is 11.6 Å². The van der Waals surface area contributed by atoms with Crippen LogP contribution in [0, 0.1) is 5.82 Å². The average Bonchev–Trinajstić information content (AvgIpc) is 2.70. The number of morpholine rings is 1. The molecule has 0 amide bonds. The van der Waals surface area contributed by atoms with Gasteiger partial charge in [-0.15, -0.1) is 0 Å². The van der Waals surface area contributed by atoms with Crippen molar-refractivity contribution in [1.82, 2.24) is 14.9 Å². The highest BCUT2D eigenvalue weighted by atomic mass is 19.1. The van der Waals surface area contributed by atoms with Crippen LogP contribution in [0.2, 0.25) is 0 Å². The molecule has 7 nitrogen and oxygen atoms in total. The van der Waals surface area contributed by atoms with E-state index in [0.717, 1.165) is 39.0 Å². The highest BCUT2D eigenvalue weighted by molar-refractivity contribution is 5.91. The number of methoxy groups -OCH3 is 1. The van der Waals surface area contributed by atoms with E-state index in [9.17, 15) is 4.39 Å². The van der Waals surface area contributed by atoms with Crippen LogP contribution in [-0.4, -0.2) is 74.5 Å². The zero-order valence-electron chi connectivity index (χ0n) is 15.9. The number of hydrogen-bond donors (Lipinski definition) is 1. The molecule has 8 heteroatoms. The molecule has 0 radical (unpaired) electrons. The van der Waals surface area contributed by atoms with Crippen molar-refractivity contribution < 1.29 is 13.9 Å². The summed E-state index contributed by atoms with van der Waals surface area (Å²) in [5.41, 5.74) is 0.681. The number of fused-ring (bicyclic) bond motifs is 1. The molecule has 0 atom stereocenters. The van der Waals surface area contributed by atoms with Gasteiger partial charge in [0.1, 0.15) is 5.82 Å². The van der Waals surface area contributed by atoms with E-state index in [1.807, 2.05) is 0 Å². The Morgan fingerprint density at radius 1 is 1.15 bits per heavy atom. The van der Waals surface area contributed by atoms with Gasteiger partial charge in [0.2, 0.25) is 5.95 Å². The van der Waals surface area contributed by atoms with Crippen LogP contribution >= 0.6 is 0 Å². The minimum Gasteiger partial charge on any atom is -0.494 e. The smallest absolute Gasteiger partial charge is 0.228 e. The lowest BCUT2D eigenvalue weighted by molar-refractivity contribution is 0.122. The molecule has 2 fully saturated rings. The van der Waals surface area contributed by atoms with Gasteiger partial charge >= 0.3 is 0 Å². The number of nitrogens with one attached hydrogen (secondary N) is 1. The second-order valence-corrected chi connectivity index (χ2v) is 7.20. The Kier molecular flexibility index (Phi) is 5.27. The molecule has 1 aromatic carbocycles. The molecule has 1 N–H and O–H groups in total. The maximum absolute atomic E-state index is 14.3. The van der Waals surface area contributed by atoms with Crippen LogP contribution in [-0.2, 0) is 4.74 Å². The zero-order chi connectivity index (χ0) is 18.8. The van der Waals surface area contributed by atoms with Gasteiger partial charge in [-0.2, -0.15) is 4.98 Å². The summed E-state index contributed by atoms with van der Waals surface area (Å²) in [6.45, 7) is 4.89. The molecule has 2 aliphatic heterocycles. The maximum atomic E-state index is 14.3. The summed E-state index contributed by atoms with van der Waals surface area (Å²) in [5.74, 6) is 1.13. The van der Waals surface area contributed by atoms with Crippen LogP contribution in [0.1, 0.15) is 12.8 Å². The van der Waals surface area contributed by atoms with Crippen LogP contribution in [0.3, 0.4) is 0 Å². The van der Waals surface area contributed by atoms with Crippen molar-refractivity contribution >= 4 is 22.7 Å². The maximum Gasteiger partial charge on any atom is 0.228 e. The van der Waals surface area contributed by atoms with Gasteiger partial charge in [0.25, 0.3) is 0 Å². The van der Waals surface area contributed by atoms with Gasteiger partial charge in [-0.1, -0.05) is 0 Å². The van der Waals surface area contributed by atoms with Crippen LogP contribution in [0.15, 0.2) is 12.1 Å². The Balaban J connectivity index is 1.72. The van der Waals surface area contributed by atoms with E-state index in [0.29, 0.717) is 41.9 Å². The van der Waals surface area contributed by atoms with Crippen LogP contribution in [0.5, 0.6) is 5.75 Å². The van der Waals surface area contributed by atoms with E-state index in [1.165, 1.54) is 13.2 Å². The summed E-state index contributed by atoms with van der Waals surface area (Å²) in [6, 6.07) is 3.44. The van der Waals surface area contributed by atoms with E-state index in [-0.39, 0.29) is 5.75 Å². The average molecular weight is 375 g/mol. The highest BCUT2D eigenvalue weighted by Crippen LogP contribution is 2.30. The third kappa shape index (κ3) is 3.91. The SMILES string of the molecule is COc1cc2nc(N3CCOCC3)nc(NC3CCN(C)CC3)c2cc1F. The summed E-state index contributed by atoms with van der Waals surface area (Å²) in [5, 5.41) is 4.23. The molecule has 2 aromatic rings. The van der Waals surface area contributed by atoms with Crippen molar-refractivity contribution in [3.8, 4) is 5.75 Å². The Morgan fingerprint density at radius 2 is 1.89 bits per heavy atom. The monoisotopic (exact) mass is 375 g/mol. The van der Waals surface area contributed by atoms with Gasteiger partial charge in [0, 0.05) is 30.6 Å². The fourth-order valence-corrected chi connectivity index (χ4v) is 3.64. The fourth-order valence-electron chi connectivity index (χ4n) is 3.64. The van der Waals surface area contributed by atoms with Crippen molar-refractivity contribution in [2.24, 2.45) is 0 Å². The molecule has 146 valence electrons. The van der Waals surface area contributed by atoms with Gasteiger partial charge < -0.3 is 24.6 Å². The number of anilines is 2. The number of benzene rings is 1. The fraction of sp³-hybridized carbons (Fsp3) is 0.579. The minimum absolute atomic E-state index is 0.194. The van der Waals surface area contributed by atoms with Crippen molar-refractivity contribution in [3.05, 3.63) is 17.9 Å². The van der Waals surface area contributed by atoms with E-state index in [4.69, 9.17) is 14.5 Å². The molecule has 4 rings (SSSR count). The van der Waals surface area contributed by atoms with E-state index in [1.54, 1.807) is 6.07 Å². The standard InChI is InChI=1S/C19H26FN5O2/c1-24-5-3-13(4-6-24)21-18-14-11-15(20)17(26-2)12-16(14)22-19(23-18)25-7-9-27-10-8-25/h11-13H,3-10H2,1-2H3,(H,21,22,23). The van der Waals surface area contributed by atoms with Crippen LogP contribution < -0.4 is 15.0 Å². The normalized spacial score (nSPS) is 19.4. The van der Waals surface area contributed by atoms with Crippen molar-refractivity contribution in [2.75, 3.05) is 63.8 Å². The number of rotatable bonds is 4. The van der Waals surface area contributed by atoms with E-state index >= 15 is 0 Å². The quantitative estimate of drug-likeness (QED) is 0.878. The zero-order valence-corrected chi connectivity index (χ0v) is 15.9. The summed E-state index contributed by atoms with van der Waals surface area (Å²) < 4.78 is 24.9. The number of likely N-dealkylation sites (tertiary alicyclic amines) is 1. The molecule has 2 saturated heterocycles. The number of aromatic nitrogens is 2. The van der Waals surface area contributed by atoms with Gasteiger partial charge in [-0.25, -0.2) is 9.37 Å². The van der Waals surface area contributed by atoms with E-state index in [2.05, 4.69) is 27.1 Å². The lowest BCUT2D eigenvalue weighted by Crippen LogP contribution is -2.38. The molecule has 0 aliphatic carbocycles. The third-order valence-corrected chi connectivity index (χ3v) is 5.31. The number of ether oxygens (including phenoxy) is 2. The van der Waals surface area contributed by atoms with Crippen molar-refractivity contribution in [2.45, 2.75) is 18.9 Å². The molecule has 3 heterocycles. The summed E-state index contributed by atoms with van der Waals surface area (Å²) in [6.07, 6.45) is 2.07. The summed E-state index contributed by atoms with van der Waals surface area (Å²) in [4.78, 5) is 13.9. The molecule has 2 aliphatic rings. The summed E-state index contributed by atoms with van der Waals surface area (Å²) >= 11 is 0. The molecule has 0 bridgehead atoms. The Hall–Kier alpha value is -2.19. The number of nitrogens with zero attached hydrogens (tertiary/aromatic N) is 4. The second-order valence-electron chi connectivity index (χ2n) is 7.20. The van der Waals surface area contributed by atoms with Crippen molar-refractivity contribution in [3.63, 3.8) is 0 Å². The van der Waals surface area contributed by atoms with Gasteiger partial charge in [0.05, 0.1) is 25.8 Å². The number of piperidine rings is 1. The first kappa shape index (κ1) is 18.2. The molecular formula is C19H26FN5O2. The predicted molar refractivity (Wildman–Crippen MR) is 103 cm³/mol. The Bertz CT molecular complexity index is 804. The first-order chi connectivity index (χ1) is 13.1.